The lowest BCUT2D eigenvalue weighted by Gasteiger charge is -2.38. The summed E-state index contributed by atoms with van der Waals surface area (Å²) in [7, 11) is 0. The van der Waals surface area contributed by atoms with Crippen molar-refractivity contribution in [1.82, 2.24) is 0 Å². The number of hydrogen-bond acceptors (Lipinski definition) is 0. The standard InChI is InChI=1S/C12H22F2/c1-7(2)5-10-8(3)6-9(4)11(13)12(10)14/h7-12H,5-6H2,1-4H3. The Balaban J connectivity index is 2.64. The monoisotopic (exact) mass is 204 g/mol. The van der Waals surface area contributed by atoms with Gasteiger partial charge < -0.3 is 0 Å². The molecule has 0 nitrogen and oxygen atoms in total. The molecule has 0 aromatic rings. The Morgan fingerprint density at radius 1 is 1.07 bits per heavy atom. The van der Waals surface area contributed by atoms with Crippen molar-refractivity contribution in [3.8, 4) is 0 Å². The Morgan fingerprint density at radius 3 is 2.14 bits per heavy atom. The Kier molecular flexibility index (Phi) is 3.91. The first-order chi connectivity index (χ1) is 6.43. The molecule has 5 unspecified atom stereocenters. The van der Waals surface area contributed by atoms with E-state index in [9.17, 15) is 8.78 Å². The summed E-state index contributed by atoms with van der Waals surface area (Å²) >= 11 is 0. The van der Waals surface area contributed by atoms with Gasteiger partial charge in [0.05, 0.1) is 0 Å². The fourth-order valence-electron chi connectivity index (χ4n) is 2.66. The second kappa shape index (κ2) is 4.59. The molecule has 1 aliphatic carbocycles. The highest BCUT2D eigenvalue weighted by Gasteiger charge is 2.41. The van der Waals surface area contributed by atoms with Gasteiger partial charge in [0.25, 0.3) is 0 Å². The second-order valence-electron chi connectivity index (χ2n) is 5.37. The summed E-state index contributed by atoms with van der Waals surface area (Å²) in [5.41, 5.74) is 0. The molecule has 1 fully saturated rings. The van der Waals surface area contributed by atoms with Gasteiger partial charge in [0.2, 0.25) is 0 Å². The van der Waals surface area contributed by atoms with Crippen LogP contribution < -0.4 is 0 Å². The summed E-state index contributed by atoms with van der Waals surface area (Å²) in [6.07, 6.45) is -0.833. The minimum absolute atomic E-state index is 0.0683. The van der Waals surface area contributed by atoms with E-state index in [0.29, 0.717) is 11.8 Å². The van der Waals surface area contributed by atoms with E-state index in [-0.39, 0.29) is 11.8 Å². The van der Waals surface area contributed by atoms with Crippen LogP contribution in [0.1, 0.15) is 40.5 Å². The zero-order valence-corrected chi connectivity index (χ0v) is 9.63. The fraction of sp³-hybridized carbons (Fsp3) is 1.00. The van der Waals surface area contributed by atoms with Crippen LogP contribution in [0.4, 0.5) is 8.78 Å². The average Bonchev–Trinajstić information content (AvgIpc) is 2.09. The molecule has 0 heterocycles. The summed E-state index contributed by atoms with van der Waals surface area (Å²) < 4.78 is 27.2. The Hall–Kier alpha value is -0.140. The topological polar surface area (TPSA) is 0 Å². The zero-order valence-electron chi connectivity index (χ0n) is 9.63. The molecule has 0 aromatic carbocycles. The third-order valence-corrected chi connectivity index (χ3v) is 3.47. The lowest BCUT2D eigenvalue weighted by molar-refractivity contribution is -0.00936. The molecule has 14 heavy (non-hydrogen) atoms. The molecule has 84 valence electrons. The molecule has 0 saturated heterocycles. The van der Waals surface area contributed by atoms with Crippen LogP contribution in [-0.2, 0) is 0 Å². The van der Waals surface area contributed by atoms with E-state index in [1.54, 1.807) is 0 Å². The van der Waals surface area contributed by atoms with Gasteiger partial charge in [-0.15, -0.1) is 0 Å². The van der Waals surface area contributed by atoms with E-state index in [2.05, 4.69) is 20.8 Å². The number of hydrogen-bond donors (Lipinski definition) is 0. The van der Waals surface area contributed by atoms with Crippen LogP contribution in [0, 0.1) is 23.7 Å². The summed E-state index contributed by atoms with van der Waals surface area (Å²) in [4.78, 5) is 0. The highest BCUT2D eigenvalue weighted by atomic mass is 19.2. The Labute approximate surface area is 86.1 Å². The van der Waals surface area contributed by atoms with Crippen LogP contribution in [0.25, 0.3) is 0 Å². The van der Waals surface area contributed by atoms with Crippen molar-refractivity contribution < 1.29 is 8.78 Å². The molecule has 0 aliphatic heterocycles. The van der Waals surface area contributed by atoms with Crippen LogP contribution in [-0.4, -0.2) is 12.3 Å². The van der Waals surface area contributed by atoms with Gasteiger partial charge in [-0.3, -0.25) is 0 Å². The van der Waals surface area contributed by atoms with Crippen molar-refractivity contribution in [3.63, 3.8) is 0 Å². The third-order valence-electron chi connectivity index (χ3n) is 3.47. The highest BCUT2D eigenvalue weighted by Crippen LogP contribution is 2.40. The summed E-state index contributed by atoms with van der Waals surface area (Å²) in [5.74, 6) is 0.611. The molecule has 2 heteroatoms. The quantitative estimate of drug-likeness (QED) is 0.637. The molecule has 1 aliphatic rings. The maximum Gasteiger partial charge on any atom is 0.134 e. The van der Waals surface area contributed by atoms with Gasteiger partial charge in [-0.2, -0.15) is 0 Å². The predicted octanol–water partition coefficient (Wildman–Crippen LogP) is 4.00. The van der Waals surface area contributed by atoms with Crippen molar-refractivity contribution in [2.75, 3.05) is 0 Å². The van der Waals surface area contributed by atoms with Crippen LogP contribution in [0.15, 0.2) is 0 Å². The summed E-state index contributed by atoms with van der Waals surface area (Å²) in [6.45, 7) is 8.02. The van der Waals surface area contributed by atoms with Crippen molar-refractivity contribution in [2.24, 2.45) is 23.7 Å². The molecule has 1 saturated carbocycles. The van der Waals surface area contributed by atoms with Gasteiger partial charge in [0.15, 0.2) is 0 Å². The molecule has 0 spiro atoms. The molecule has 0 aromatic heterocycles. The number of rotatable bonds is 2. The largest absolute Gasteiger partial charge is 0.244 e. The minimum atomic E-state index is -1.24. The fourth-order valence-corrected chi connectivity index (χ4v) is 2.66. The highest BCUT2D eigenvalue weighted by molar-refractivity contribution is 4.90. The maximum absolute atomic E-state index is 13.7. The lowest BCUT2D eigenvalue weighted by Crippen LogP contribution is -2.41. The van der Waals surface area contributed by atoms with E-state index in [1.807, 2.05) is 6.92 Å². The first-order valence-electron chi connectivity index (χ1n) is 5.71. The van der Waals surface area contributed by atoms with E-state index in [1.165, 1.54) is 0 Å². The second-order valence-corrected chi connectivity index (χ2v) is 5.37. The molecule has 0 radical (unpaired) electrons. The van der Waals surface area contributed by atoms with Gasteiger partial charge in [0.1, 0.15) is 12.3 Å². The first kappa shape index (κ1) is 11.9. The van der Waals surface area contributed by atoms with Crippen LogP contribution in [0.2, 0.25) is 0 Å². The molecule has 1 rings (SSSR count). The molecular weight excluding hydrogens is 182 g/mol. The van der Waals surface area contributed by atoms with Gasteiger partial charge in [0, 0.05) is 0 Å². The summed E-state index contributed by atoms with van der Waals surface area (Å²) in [6, 6.07) is 0. The SMILES string of the molecule is CC(C)CC1C(C)CC(C)C(F)C1F. The van der Waals surface area contributed by atoms with E-state index in [0.717, 1.165) is 12.8 Å². The number of halogens is 2. The van der Waals surface area contributed by atoms with Crippen LogP contribution in [0.5, 0.6) is 0 Å². The first-order valence-corrected chi connectivity index (χ1v) is 5.71. The van der Waals surface area contributed by atoms with Crippen molar-refractivity contribution in [2.45, 2.75) is 52.9 Å². The van der Waals surface area contributed by atoms with Gasteiger partial charge >= 0.3 is 0 Å². The molecule has 0 bridgehead atoms. The van der Waals surface area contributed by atoms with E-state index in [4.69, 9.17) is 0 Å². The molecule has 5 atom stereocenters. The third kappa shape index (κ3) is 2.46. The lowest BCUT2D eigenvalue weighted by atomic mass is 9.70. The van der Waals surface area contributed by atoms with E-state index >= 15 is 0 Å². The molecule has 0 amide bonds. The van der Waals surface area contributed by atoms with Crippen LogP contribution in [0.3, 0.4) is 0 Å². The average molecular weight is 204 g/mol. The van der Waals surface area contributed by atoms with Crippen molar-refractivity contribution in [3.05, 3.63) is 0 Å². The predicted molar refractivity (Wildman–Crippen MR) is 55.7 cm³/mol. The Bertz CT molecular complexity index is 179. The van der Waals surface area contributed by atoms with E-state index < -0.39 is 12.3 Å². The Morgan fingerprint density at radius 2 is 1.64 bits per heavy atom. The van der Waals surface area contributed by atoms with Gasteiger partial charge in [-0.1, -0.05) is 27.7 Å². The zero-order chi connectivity index (χ0) is 10.9. The van der Waals surface area contributed by atoms with Crippen LogP contribution >= 0.6 is 0 Å². The van der Waals surface area contributed by atoms with Gasteiger partial charge in [-0.05, 0) is 36.5 Å². The normalized spacial score (nSPS) is 44.4. The summed E-state index contributed by atoms with van der Waals surface area (Å²) in [5, 5.41) is 0. The van der Waals surface area contributed by atoms with Crippen molar-refractivity contribution >= 4 is 0 Å². The number of alkyl halides is 2. The maximum atomic E-state index is 13.7. The smallest absolute Gasteiger partial charge is 0.134 e. The van der Waals surface area contributed by atoms with Crippen molar-refractivity contribution in [1.29, 1.82) is 0 Å². The molecule has 0 N–H and O–H groups in total. The minimum Gasteiger partial charge on any atom is -0.244 e. The molecular formula is C12H22F2. The van der Waals surface area contributed by atoms with Gasteiger partial charge in [-0.25, -0.2) is 8.78 Å².